The van der Waals surface area contributed by atoms with E-state index >= 15 is 0 Å². The zero-order chi connectivity index (χ0) is 10.8. The van der Waals surface area contributed by atoms with Gasteiger partial charge in [0.15, 0.2) is 0 Å². The highest BCUT2D eigenvalue weighted by Crippen LogP contribution is 2.19. The van der Waals surface area contributed by atoms with Crippen LogP contribution in [0.4, 0.5) is 4.79 Å². The third-order valence-electron chi connectivity index (χ3n) is 1.34. The summed E-state index contributed by atoms with van der Waals surface area (Å²) in [5.41, 5.74) is 0. The van der Waals surface area contributed by atoms with Crippen LogP contribution < -0.4 is 9.83 Å². The summed E-state index contributed by atoms with van der Waals surface area (Å²) in [7, 11) is -4.13. The van der Waals surface area contributed by atoms with Crippen LogP contribution in [0.1, 0.15) is 0 Å². The van der Waals surface area contributed by atoms with E-state index in [-0.39, 0.29) is 9.92 Å². The minimum absolute atomic E-state index is 0.0544. The van der Waals surface area contributed by atoms with Crippen LogP contribution in [0, 0.1) is 0 Å². The van der Waals surface area contributed by atoms with Crippen molar-refractivity contribution >= 4 is 27.7 Å². The molecule has 0 aromatic heterocycles. The number of sulfonamides is 1. The van der Waals surface area contributed by atoms with Gasteiger partial charge in [-0.05, 0) is 12.1 Å². The first-order chi connectivity index (χ1) is 6.43. The van der Waals surface area contributed by atoms with Crippen LogP contribution in [0.3, 0.4) is 0 Å². The van der Waals surface area contributed by atoms with Crippen molar-refractivity contribution in [2.75, 3.05) is 0 Å². The van der Waals surface area contributed by atoms with Gasteiger partial charge in [-0.15, -0.1) is 0 Å². The van der Waals surface area contributed by atoms with Crippen LogP contribution in [-0.4, -0.2) is 14.5 Å². The van der Waals surface area contributed by atoms with Crippen molar-refractivity contribution < 1.29 is 18.3 Å². The molecule has 1 rings (SSSR count). The summed E-state index contributed by atoms with van der Waals surface area (Å²) in [6.07, 6.45) is -1.90. The van der Waals surface area contributed by atoms with Crippen LogP contribution in [0.2, 0.25) is 5.02 Å². The molecule has 0 saturated carbocycles. The molecule has 7 heteroatoms. The zero-order valence-electron chi connectivity index (χ0n) is 6.73. The average Bonchev–Trinajstić information content (AvgIpc) is 2.02. The number of hydrogen-bond acceptors (Lipinski definition) is 4. The number of carbonyl (C=O) groups is 1. The largest absolute Gasteiger partial charge is 0.529 e. The molecule has 0 bridgehead atoms. The lowest BCUT2D eigenvalue weighted by Crippen LogP contribution is -2.40. The lowest BCUT2D eigenvalue weighted by atomic mass is 10.4. The third-order valence-corrected chi connectivity index (χ3v) is 3.16. The minimum atomic E-state index is -4.13. The van der Waals surface area contributed by atoms with Gasteiger partial charge in [-0.3, -0.25) is 4.72 Å². The van der Waals surface area contributed by atoms with E-state index in [1.54, 1.807) is 0 Å². The topological polar surface area (TPSA) is 86.3 Å². The van der Waals surface area contributed by atoms with Gasteiger partial charge in [0, 0.05) is 0 Å². The zero-order valence-corrected chi connectivity index (χ0v) is 8.30. The van der Waals surface area contributed by atoms with Crippen LogP contribution in [-0.2, 0) is 10.0 Å². The van der Waals surface area contributed by atoms with E-state index in [9.17, 15) is 18.3 Å². The molecule has 0 fully saturated rings. The second-order valence-corrected chi connectivity index (χ2v) is 4.38. The van der Waals surface area contributed by atoms with Crippen LogP contribution in [0.15, 0.2) is 29.2 Å². The van der Waals surface area contributed by atoms with Crippen molar-refractivity contribution in [3.8, 4) is 0 Å². The maximum absolute atomic E-state index is 11.2. The van der Waals surface area contributed by atoms with Crippen molar-refractivity contribution in [1.82, 2.24) is 4.72 Å². The molecule has 0 aliphatic carbocycles. The van der Waals surface area contributed by atoms with E-state index in [0.29, 0.717) is 0 Å². The molecule has 0 saturated heterocycles. The summed E-state index contributed by atoms with van der Waals surface area (Å²) < 4.78 is 23.8. The lowest BCUT2D eigenvalue weighted by Gasteiger charge is -2.08. The Bertz CT molecular complexity index is 457. The van der Waals surface area contributed by atoms with Gasteiger partial charge < -0.3 is 9.90 Å². The smallest absolute Gasteiger partial charge is 0.264 e. The molecular formula is C7H5ClNO4S-. The van der Waals surface area contributed by atoms with Gasteiger partial charge in [0.05, 0.1) is 5.02 Å². The van der Waals surface area contributed by atoms with Crippen LogP contribution >= 0.6 is 11.6 Å². The molecule has 0 spiro atoms. The number of hydrogen-bond donors (Lipinski definition) is 1. The molecular weight excluding hydrogens is 230 g/mol. The first kappa shape index (κ1) is 10.8. The minimum Gasteiger partial charge on any atom is -0.529 e. The molecule has 76 valence electrons. The summed E-state index contributed by atoms with van der Waals surface area (Å²) in [5.74, 6) is 0. The molecule has 1 aromatic rings. The maximum atomic E-state index is 11.2. The molecule has 1 amide bonds. The summed E-state index contributed by atoms with van der Waals surface area (Å²) in [6.45, 7) is 0. The second kappa shape index (κ2) is 3.85. The van der Waals surface area contributed by atoms with E-state index in [0.717, 1.165) is 0 Å². The Balaban J connectivity index is 3.17. The monoisotopic (exact) mass is 234 g/mol. The number of benzene rings is 1. The van der Waals surface area contributed by atoms with Gasteiger partial charge in [0.25, 0.3) is 10.0 Å². The van der Waals surface area contributed by atoms with Gasteiger partial charge in [-0.2, -0.15) is 0 Å². The highest BCUT2D eigenvalue weighted by Gasteiger charge is 2.16. The predicted molar refractivity (Wildman–Crippen MR) is 47.2 cm³/mol. The first-order valence-electron chi connectivity index (χ1n) is 3.42. The van der Waals surface area contributed by atoms with Crippen molar-refractivity contribution in [1.29, 1.82) is 0 Å². The fourth-order valence-electron chi connectivity index (χ4n) is 0.827. The first-order valence-corrected chi connectivity index (χ1v) is 5.28. The molecule has 0 atom stereocenters. The Hall–Kier alpha value is -1.27. The Morgan fingerprint density at radius 1 is 1.36 bits per heavy atom. The fraction of sp³-hybridized carbons (Fsp3) is 0. The molecule has 0 radical (unpaired) electrons. The van der Waals surface area contributed by atoms with Gasteiger partial charge in [0.1, 0.15) is 11.0 Å². The van der Waals surface area contributed by atoms with Crippen molar-refractivity contribution in [3.63, 3.8) is 0 Å². The van der Waals surface area contributed by atoms with Crippen molar-refractivity contribution in [2.24, 2.45) is 0 Å². The van der Waals surface area contributed by atoms with Crippen LogP contribution in [0.5, 0.6) is 0 Å². The standard InChI is InChI=1S/C7H6ClNO4S/c8-5-3-1-2-4-6(5)14(12,13)9-7(10)11/h1-4,9H,(H,10,11)/p-1. The Morgan fingerprint density at radius 3 is 2.43 bits per heavy atom. The number of halogens is 1. The van der Waals surface area contributed by atoms with Crippen molar-refractivity contribution in [3.05, 3.63) is 29.3 Å². The summed E-state index contributed by atoms with van der Waals surface area (Å²) in [5, 5.41) is 10.0. The number of amides is 1. The highest BCUT2D eigenvalue weighted by molar-refractivity contribution is 7.90. The van der Waals surface area contributed by atoms with E-state index < -0.39 is 16.1 Å². The number of carbonyl (C=O) groups excluding carboxylic acids is 1. The third kappa shape index (κ3) is 2.36. The molecule has 0 aliphatic rings. The normalized spacial score (nSPS) is 10.9. The number of rotatable bonds is 2. The Labute approximate surface area is 85.4 Å². The molecule has 0 heterocycles. The van der Waals surface area contributed by atoms with Gasteiger partial charge in [-0.1, -0.05) is 23.7 Å². The van der Waals surface area contributed by atoms with E-state index in [4.69, 9.17) is 11.6 Å². The number of carboxylic acid groups (broad SMARTS) is 1. The SMILES string of the molecule is O=C([O-])NS(=O)(=O)c1ccccc1Cl. The molecule has 0 unspecified atom stereocenters. The lowest BCUT2D eigenvalue weighted by molar-refractivity contribution is -0.247. The highest BCUT2D eigenvalue weighted by atomic mass is 35.5. The molecule has 5 nitrogen and oxygen atoms in total. The maximum Gasteiger partial charge on any atom is 0.264 e. The Morgan fingerprint density at radius 2 is 1.93 bits per heavy atom. The summed E-state index contributed by atoms with van der Waals surface area (Å²) >= 11 is 5.56. The summed E-state index contributed by atoms with van der Waals surface area (Å²) in [6, 6.07) is 5.48. The summed E-state index contributed by atoms with van der Waals surface area (Å²) in [4.78, 5) is 9.75. The number of nitrogens with one attached hydrogen (secondary N) is 1. The molecule has 14 heavy (non-hydrogen) atoms. The quantitative estimate of drug-likeness (QED) is 0.778. The molecule has 1 N–H and O–H groups in total. The van der Waals surface area contributed by atoms with Crippen molar-refractivity contribution in [2.45, 2.75) is 4.90 Å². The van der Waals surface area contributed by atoms with Gasteiger partial charge in [0.2, 0.25) is 0 Å². The van der Waals surface area contributed by atoms with E-state index in [1.165, 1.54) is 29.0 Å². The van der Waals surface area contributed by atoms with Crippen LogP contribution in [0.25, 0.3) is 0 Å². The van der Waals surface area contributed by atoms with Gasteiger partial charge in [-0.25, -0.2) is 8.42 Å². The molecule has 0 aliphatic heterocycles. The predicted octanol–water partition coefficient (Wildman–Crippen LogP) is -0.0384. The fourth-order valence-corrected chi connectivity index (χ4v) is 2.18. The second-order valence-electron chi connectivity index (χ2n) is 2.32. The van der Waals surface area contributed by atoms with Gasteiger partial charge >= 0.3 is 0 Å². The van der Waals surface area contributed by atoms with E-state index in [1.807, 2.05) is 0 Å². The van der Waals surface area contributed by atoms with E-state index in [2.05, 4.69) is 0 Å². The Kier molecular flexibility index (Phi) is 2.97. The molecule has 1 aromatic carbocycles. The average molecular weight is 235 g/mol.